The van der Waals surface area contributed by atoms with Crippen molar-refractivity contribution in [1.82, 2.24) is 30.9 Å². The Bertz CT molecular complexity index is 1190. The fourth-order valence-corrected chi connectivity index (χ4v) is 3.53. The lowest BCUT2D eigenvalue weighted by Gasteiger charge is -2.41. The molecule has 1 aromatic heterocycles. The average molecular weight is 514 g/mol. The maximum absolute atomic E-state index is 13.3. The normalized spacial score (nSPS) is 15.3. The lowest BCUT2D eigenvalue weighted by atomic mass is 10.2. The van der Waals surface area contributed by atoms with Gasteiger partial charge in [0.05, 0.1) is 6.54 Å². The Kier molecular flexibility index (Phi) is 7.75. The minimum Gasteiger partial charge on any atom is -0.436 e. The molecule has 188 valence electrons. The molecule has 3 aromatic rings. The lowest BCUT2D eigenvalue weighted by molar-refractivity contribution is 0.107. The number of ether oxygens (including phenoxy) is 1. The molecule has 0 spiro atoms. The van der Waals surface area contributed by atoms with E-state index in [1.54, 1.807) is 54.6 Å². The van der Waals surface area contributed by atoms with Gasteiger partial charge in [0.2, 0.25) is 0 Å². The second-order valence-corrected chi connectivity index (χ2v) is 8.09. The fraction of sp³-hybridized carbons (Fsp3) is 0.217. The highest BCUT2D eigenvalue weighted by molar-refractivity contribution is 6.30. The van der Waals surface area contributed by atoms with E-state index in [0.717, 1.165) is 10.5 Å². The van der Waals surface area contributed by atoms with Crippen LogP contribution < -0.4 is 26.0 Å². The molecule has 12 nitrogen and oxygen atoms in total. The van der Waals surface area contributed by atoms with E-state index < -0.39 is 24.4 Å². The summed E-state index contributed by atoms with van der Waals surface area (Å²) in [6, 6.07) is 14.0. The molecule has 4 N–H and O–H groups in total. The van der Waals surface area contributed by atoms with Gasteiger partial charge >= 0.3 is 18.1 Å². The van der Waals surface area contributed by atoms with E-state index in [0.29, 0.717) is 22.3 Å². The molecule has 4 rings (SSSR count). The predicted octanol–water partition coefficient (Wildman–Crippen LogP) is 3.39. The molecule has 1 aliphatic heterocycles. The van der Waals surface area contributed by atoms with Gasteiger partial charge in [0.15, 0.2) is 6.29 Å². The van der Waals surface area contributed by atoms with Gasteiger partial charge in [0.1, 0.15) is 12.0 Å². The van der Waals surface area contributed by atoms with E-state index in [1.165, 1.54) is 18.2 Å². The van der Waals surface area contributed by atoms with Crippen molar-refractivity contribution in [2.75, 3.05) is 25.5 Å². The first-order chi connectivity index (χ1) is 17.4. The Morgan fingerprint density at radius 3 is 2.56 bits per heavy atom. The van der Waals surface area contributed by atoms with E-state index in [1.807, 2.05) is 0 Å². The zero-order valence-electron chi connectivity index (χ0n) is 19.2. The highest BCUT2D eigenvalue weighted by Gasteiger charge is 2.38. The van der Waals surface area contributed by atoms with Crippen LogP contribution in [0.4, 0.5) is 20.1 Å². The summed E-state index contributed by atoms with van der Waals surface area (Å²) >= 11 is 6.00. The van der Waals surface area contributed by atoms with E-state index in [2.05, 4.69) is 26.4 Å². The van der Waals surface area contributed by atoms with Crippen LogP contribution in [0.5, 0.6) is 11.6 Å². The number of benzene rings is 2. The van der Waals surface area contributed by atoms with Crippen LogP contribution in [0.15, 0.2) is 65.4 Å². The summed E-state index contributed by atoms with van der Waals surface area (Å²) in [4.78, 5) is 40.1. The van der Waals surface area contributed by atoms with Crippen LogP contribution in [0, 0.1) is 0 Å². The molecule has 13 heteroatoms. The van der Waals surface area contributed by atoms with Gasteiger partial charge in [-0.15, -0.1) is 0 Å². The zero-order chi connectivity index (χ0) is 25.5. The van der Waals surface area contributed by atoms with Crippen molar-refractivity contribution >= 4 is 35.4 Å². The summed E-state index contributed by atoms with van der Waals surface area (Å²) in [5.41, 5.74) is 1.45. The molecule has 6 amide bonds. The van der Waals surface area contributed by atoms with Crippen LogP contribution in [0.3, 0.4) is 0 Å². The van der Waals surface area contributed by atoms with Crippen molar-refractivity contribution in [3.05, 3.63) is 71.4 Å². The first-order valence-electron chi connectivity index (χ1n) is 11.0. The third-order valence-electron chi connectivity index (χ3n) is 5.20. The molecule has 1 fully saturated rings. The molecule has 1 unspecified atom stereocenters. The topological polar surface area (TPSA) is 141 Å². The second-order valence-electron chi connectivity index (χ2n) is 7.65. The van der Waals surface area contributed by atoms with Crippen LogP contribution in [-0.4, -0.2) is 59.5 Å². The molecule has 0 aliphatic carbocycles. The summed E-state index contributed by atoms with van der Waals surface area (Å²) in [5, 5.41) is 15.2. The third kappa shape index (κ3) is 6.16. The number of amides is 6. The van der Waals surface area contributed by atoms with E-state index in [-0.39, 0.29) is 19.6 Å². The number of carbonyl (C=O) groups excluding carboxylic acids is 3. The van der Waals surface area contributed by atoms with Gasteiger partial charge in [0, 0.05) is 36.9 Å². The SMILES string of the molecule is CNC(=O)NCCN1C(=O)NC(Nc2ccc(Oc3ccon3)cc2)N(Cc2ccc(Cl)cc2)C1=O. The van der Waals surface area contributed by atoms with Crippen molar-refractivity contribution in [3.8, 4) is 11.6 Å². The molecular weight excluding hydrogens is 490 g/mol. The fourth-order valence-electron chi connectivity index (χ4n) is 3.40. The summed E-state index contributed by atoms with van der Waals surface area (Å²) < 4.78 is 10.3. The van der Waals surface area contributed by atoms with Crippen LogP contribution in [0.1, 0.15) is 5.56 Å². The summed E-state index contributed by atoms with van der Waals surface area (Å²) in [5.74, 6) is 0.854. The molecular formula is C23H24ClN7O5. The molecule has 0 radical (unpaired) electrons. The van der Waals surface area contributed by atoms with Crippen molar-refractivity contribution < 1.29 is 23.6 Å². The largest absolute Gasteiger partial charge is 0.436 e. The minimum atomic E-state index is -0.842. The van der Waals surface area contributed by atoms with E-state index >= 15 is 0 Å². The molecule has 36 heavy (non-hydrogen) atoms. The van der Waals surface area contributed by atoms with Crippen LogP contribution in [-0.2, 0) is 6.54 Å². The second kappa shape index (κ2) is 11.3. The monoisotopic (exact) mass is 513 g/mol. The maximum atomic E-state index is 13.3. The van der Waals surface area contributed by atoms with Crippen molar-refractivity contribution in [3.63, 3.8) is 0 Å². The third-order valence-corrected chi connectivity index (χ3v) is 5.45. The molecule has 0 saturated carbocycles. The van der Waals surface area contributed by atoms with Gasteiger partial charge in [-0.25, -0.2) is 19.3 Å². The van der Waals surface area contributed by atoms with Gasteiger partial charge < -0.3 is 25.2 Å². The Morgan fingerprint density at radius 2 is 1.89 bits per heavy atom. The Morgan fingerprint density at radius 1 is 1.14 bits per heavy atom. The molecule has 2 aromatic carbocycles. The number of anilines is 1. The van der Waals surface area contributed by atoms with Crippen molar-refractivity contribution in [2.45, 2.75) is 12.8 Å². The van der Waals surface area contributed by atoms with Gasteiger partial charge in [-0.2, -0.15) is 0 Å². The first kappa shape index (κ1) is 24.7. The zero-order valence-corrected chi connectivity index (χ0v) is 20.0. The van der Waals surface area contributed by atoms with Gasteiger partial charge in [-0.3, -0.25) is 10.2 Å². The number of carbonyl (C=O) groups is 3. The standard InChI is InChI=1S/C23H24ClN7O5/c1-25-21(32)26-11-12-30-22(33)28-20(31(23(30)34)14-15-2-4-16(24)5-3-15)27-17-6-8-18(9-7-17)36-19-10-13-35-29-19/h2-10,13,20,27H,11-12,14H2,1H3,(H,28,33)(H2,25,26,32). The summed E-state index contributed by atoms with van der Waals surface area (Å²) in [7, 11) is 1.48. The number of urea groups is 3. The molecule has 1 aliphatic rings. The van der Waals surface area contributed by atoms with Crippen LogP contribution in [0.2, 0.25) is 5.02 Å². The number of nitrogens with zero attached hydrogens (tertiary/aromatic N) is 3. The number of rotatable bonds is 9. The molecule has 2 heterocycles. The van der Waals surface area contributed by atoms with Crippen molar-refractivity contribution in [2.24, 2.45) is 0 Å². The number of hydrogen-bond donors (Lipinski definition) is 4. The number of hydrogen-bond acceptors (Lipinski definition) is 7. The number of imide groups is 1. The molecule has 0 bridgehead atoms. The average Bonchev–Trinajstić information content (AvgIpc) is 3.39. The molecule has 1 saturated heterocycles. The Balaban J connectivity index is 1.49. The smallest absolute Gasteiger partial charge is 0.331 e. The van der Waals surface area contributed by atoms with Crippen LogP contribution in [0.25, 0.3) is 0 Å². The Labute approximate surface area is 211 Å². The highest BCUT2D eigenvalue weighted by Crippen LogP contribution is 2.23. The highest BCUT2D eigenvalue weighted by atomic mass is 35.5. The van der Waals surface area contributed by atoms with Crippen molar-refractivity contribution in [1.29, 1.82) is 0 Å². The van der Waals surface area contributed by atoms with Crippen LogP contribution >= 0.6 is 11.6 Å². The maximum Gasteiger partial charge on any atom is 0.331 e. The Hall–Kier alpha value is -4.45. The lowest BCUT2D eigenvalue weighted by Crippen LogP contribution is -2.67. The summed E-state index contributed by atoms with van der Waals surface area (Å²) in [6.07, 6.45) is 0.562. The van der Waals surface area contributed by atoms with Gasteiger partial charge in [-0.05, 0) is 47.1 Å². The number of aromatic nitrogens is 1. The van der Waals surface area contributed by atoms with Gasteiger partial charge in [0.25, 0.3) is 5.88 Å². The summed E-state index contributed by atoms with van der Waals surface area (Å²) in [6.45, 7) is 0.287. The molecule has 1 atom stereocenters. The minimum absolute atomic E-state index is 0.00396. The first-order valence-corrected chi connectivity index (χ1v) is 11.3. The number of nitrogens with one attached hydrogen (secondary N) is 4. The number of halogens is 1. The van der Waals surface area contributed by atoms with E-state index in [4.69, 9.17) is 20.9 Å². The van der Waals surface area contributed by atoms with Gasteiger partial charge in [-0.1, -0.05) is 23.7 Å². The quantitative estimate of drug-likeness (QED) is 0.343. The van der Waals surface area contributed by atoms with E-state index in [9.17, 15) is 14.4 Å². The predicted molar refractivity (Wildman–Crippen MR) is 131 cm³/mol.